The minimum Gasteiger partial charge on any atom is -0.481 e. The fourth-order valence-electron chi connectivity index (χ4n) is 2.91. The highest BCUT2D eigenvalue weighted by Gasteiger charge is 2.34. The van der Waals surface area contributed by atoms with Gasteiger partial charge < -0.3 is 10.4 Å². The zero-order valence-electron chi connectivity index (χ0n) is 12.9. The molecule has 1 aromatic rings. The van der Waals surface area contributed by atoms with Gasteiger partial charge in [0.05, 0.1) is 5.92 Å². The van der Waals surface area contributed by atoms with Crippen LogP contribution in [-0.4, -0.2) is 23.5 Å². The van der Waals surface area contributed by atoms with Gasteiger partial charge in [-0.3, -0.25) is 9.59 Å². The molecule has 2 rings (SSSR count). The van der Waals surface area contributed by atoms with Crippen LogP contribution in [0.25, 0.3) is 0 Å². The van der Waals surface area contributed by atoms with Crippen molar-refractivity contribution < 1.29 is 14.7 Å². The molecule has 4 nitrogen and oxygen atoms in total. The Labute approximate surface area is 139 Å². The van der Waals surface area contributed by atoms with E-state index in [1.807, 2.05) is 18.2 Å². The van der Waals surface area contributed by atoms with Crippen molar-refractivity contribution in [1.82, 2.24) is 5.32 Å². The first-order chi connectivity index (χ1) is 10.3. The van der Waals surface area contributed by atoms with Crippen molar-refractivity contribution >= 4 is 27.8 Å². The van der Waals surface area contributed by atoms with Gasteiger partial charge in [0.2, 0.25) is 5.91 Å². The Balaban J connectivity index is 1.92. The lowest BCUT2D eigenvalue weighted by Gasteiger charge is -2.26. The SMILES string of the molecule is CC(C)(CNC(=O)[C@@H]1CC[C@H](C(=O)O)C1)c1cccc(Br)c1. The summed E-state index contributed by atoms with van der Waals surface area (Å²) < 4.78 is 1.02. The summed E-state index contributed by atoms with van der Waals surface area (Å²) in [7, 11) is 0. The standard InChI is InChI=1S/C17H22BrNO3/c1-17(2,13-4-3-5-14(18)9-13)10-19-15(20)11-6-7-12(8-11)16(21)22/h3-5,9,11-12H,6-8,10H2,1-2H3,(H,19,20)(H,21,22)/t11-,12+/m1/s1. The van der Waals surface area contributed by atoms with Crippen LogP contribution in [0.3, 0.4) is 0 Å². The van der Waals surface area contributed by atoms with Gasteiger partial charge >= 0.3 is 5.97 Å². The first kappa shape index (κ1) is 17.0. The average molecular weight is 368 g/mol. The molecule has 0 bridgehead atoms. The Morgan fingerprint density at radius 1 is 1.32 bits per heavy atom. The molecule has 1 aliphatic rings. The van der Waals surface area contributed by atoms with Gasteiger partial charge in [-0.2, -0.15) is 0 Å². The zero-order chi connectivity index (χ0) is 16.3. The molecule has 0 spiro atoms. The van der Waals surface area contributed by atoms with E-state index in [1.165, 1.54) is 0 Å². The Morgan fingerprint density at radius 2 is 2.00 bits per heavy atom. The van der Waals surface area contributed by atoms with E-state index in [2.05, 4.69) is 41.2 Å². The average Bonchev–Trinajstić information content (AvgIpc) is 2.95. The van der Waals surface area contributed by atoms with Crippen LogP contribution in [0.5, 0.6) is 0 Å². The van der Waals surface area contributed by atoms with Gasteiger partial charge in [0, 0.05) is 22.4 Å². The van der Waals surface area contributed by atoms with Gasteiger partial charge in [0.25, 0.3) is 0 Å². The topological polar surface area (TPSA) is 66.4 Å². The molecule has 2 N–H and O–H groups in total. The Morgan fingerprint density at radius 3 is 2.59 bits per heavy atom. The second-order valence-corrected chi connectivity index (χ2v) is 7.57. The molecule has 1 fully saturated rings. The molecule has 0 radical (unpaired) electrons. The summed E-state index contributed by atoms with van der Waals surface area (Å²) in [5, 5.41) is 12.0. The summed E-state index contributed by atoms with van der Waals surface area (Å²) in [6.45, 7) is 4.71. The number of nitrogens with one attached hydrogen (secondary N) is 1. The van der Waals surface area contributed by atoms with E-state index in [1.54, 1.807) is 0 Å². The van der Waals surface area contributed by atoms with E-state index in [-0.39, 0.29) is 23.2 Å². The molecule has 1 amide bonds. The van der Waals surface area contributed by atoms with Crippen molar-refractivity contribution in [3.05, 3.63) is 34.3 Å². The lowest BCUT2D eigenvalue weighted by molar-refractivity contribution is -0.141. The first-order valence-corrected chi connectivity index (χ1v) is 8.35. The lowest BCUT2D eigenvalue weighted by Crippen LogP contribution is -2.39. The van der Waals surface area contributed by atoms with E-state index in [0.717, 1.165) is 10.0 Å². The summed E-state index contributed by atoms with van der Waals surface area (Å²) in [5.41, 5.74) is 0.974. The summed E-state index contributed by atoms with van der Waals surface area (Å²) in [4.78, 5) is 23.2. The third kappa shape index (κ3) is 4.09. The van der Waals surface area contributed by atoms with Gasteiger partial charge in [-0.05, 0) is 37.0 Å². The van der Waals surface area contributed by atoms with Crippen LogP contribution in [0.15, 0.2) is 28.7 Å². The molecule has 22 heavy (non-hydrogen) atoms. The van der Waals surface area contributed by atoms with Gasteiger partial charge in [0.1, 0.15) is 0 Å². The quantitative estimate of drug-likeness (QED) is 0.838. The van der Waals surface area contributed by atoms with Crippen LogP contribution >= 0.6 is 15.9 Å². The molecule has 1 aromatic carbocycles. The number of aliphatic carboxylic acids is 1. The molecule has 0 saturated heterocycles. The minimum absolute atomic E-state index is 0.0215. The number of rotatable bonds is 5. The van der Waals surface area contributed by atoms with Crippen molar-refractivity contribution in [2.45, 2.75) is 38.5 Å². The smallest absolute Gasteiger partial charge is 0.306 e. The molecule has 0 aliphatic heterocycles. The Bertz CT molecular complexity index is 571. The Hall–Kier alpha value is -1.36. The largest absolute Gasteiger partial charge is 0.481 e. The van der Waals surface area contributed by atoms with Crippen LogP contribution in [0, 0.1) is 11.8 Å². The van der Waals surface area contributed by atoms with Gasteiger partial charge in [-0.25, -0.2) is 0 Å². The highest BCUT2D eigenvalue weighted by molar-refractivity contribution is 9.10. The number of carboxylic acid groups (broad SMARTS) is 1. The van der Waals surface area contributed by atoms with Crippen LogP contribution in [0.2, 0.25) is 0 Å². The normalized spacial score (nSPS) is 21.6. The molecule has 0 unspecified atom stereocenters. The summed E-state index contributed by atoms with van der Waals surface area (Å²) in [6.07, 6.45) is 1.72. The van der Waals surface area contributed by atoms with E-state index >= 15 is 0 Å². The molecule has 0 aromatic heterocycles. The van der Waals surface area contributed by atoms with E-state index in [0.29, 0.717) is 25.8 Å². The number of halogens is 1. The van der Waals surface area contributed by atoms with Gasteiger partial charge in [-0.15, -0.1) is 0 Å². The molecular formula is C17H22BrNO3. The van der Waals surface area contributed by atoms with E-state index in [9.17, 15) is 9.59 Å². The molecular weight excluding hydrogens is 346 g/mol. The van der Waals surface area contributed by atoms with Crippen molar-refractivity contribution in [3.63, 3.8) is 0 Å². The lowest BCUT2D eigenvalue weighted by atomic mass is 9.84. The molecule has 5 heteroatoms. The Kier molecular flexibility index (Phi) is 5.27. The summed E-state index contributed by atoms with van der Waals surface area (Å²) in [6, 6.07) is 8.06. The highest BCUT2D eigenvalue weighted by Crippen LogP contribution is 2.31. The van der Waals surface area contributed by atoms with Crippen molar-refractivity contribution in [3.8, 4) is 0 Å². The predicted molar refractivity (Wildman–Crippen MR) is 88.6 cm³/mol. The van der Waals surface area contributed by atoms with Gasteiger partial charge in [-0.1, -0.05) is 41.9 Å². The number of carboxylic acids is 1. The second kappa shape index (κ2) is 6.82. The number of benzene rings is 1. The number of carbonyl (C=O) groups is 2. The third-order valence-corrected chi connectivity index (χ3v) is 4.96. The van der Waals surface area contributed by atoms with Crippen molar-refractivity contribution in [2.75, 3.05) is 6.54 Å². The number of hydrogen-bond acceptors (Lipinski definition) is 2. The fraction of sp³-hybridized carbons (Fsp3) is 0.529. The minimum atomic E-state index is -0.787. The predicted octanol–water partition coefficient (Wildman–Crippen LogP) is 3.34. The summed E-state index contributed by atoms with van der Waals surface area (Å²) >= 11 is 3.47. The van der Waals surface area contributed by atoms with Crippen molar-refractivity contribution in [2.24, 2.45) is 11.8 Å². The van der Waals surface area contributed by atoms with Crippen LogP contribution in [0.1, 0.15) is 38.7 Å². The van der Waals surface area contributed by atoms with Crippen LogP contribution < -0.4 is 5.32 Å². The van der Waals surface area contributed by atoms with Crippen LogP contribution in [0.4, 0.5) is 0 Å². The maximum absolute atomic E-state index is 12.2. The molecule has 2 atom stereocenters. The molecule has 1 aliphatic carbocycles. The molecule has 0 heterocycles. The van der Waals surface area contributed by atoms with Gasteiger partial charge in [0.15, 0.2) is 0 Å². The number of hydrogen-bond donors (Lipinski definition) is 2. The van der Waals surface area contributed by atoms with E-state index < -0.39 is 5.97 Å². The van der Waals surface area contributed by atoms with Crippen molar-refractivity contribution in [1.29, 1.82) is 0 Å². The van der Waals surface area contributed by atoms with E-state index in [4.69, 9.17) is 5.11 Å². The number of carbonyl (C=O) groups excluding carboxylic acids is 1. The fourth-order valence-corrected chi connectivity index (χ4v) is 3.31. The van der Waals surface area contributed by atoms with Crippen LogP contribution in [-0.2, 0) is 15.0 Å². The maximum atomic E-state index is 12.2. The monoisotopic (exact) mass is 367 g/mol. The zero-order valence-corrected chi connectivity index (χ0v) is 14.5. The highest BCUT2D eigenvalue weighted by atomic mass is 79.9. The molecule has 1 saturated carbocycles. The second-order valence-electron chi connectivity index (χ2n) is 6.66. The first-order valence-electron chi connectivity index (χ1n) is 7.56. The maximum Gasteiger partial charge on any atom is 0.306 e. The molecule has 120 valence electrons. The third-order valence-electron chi connectivity index (χ3n) is 4.46. The number of amides is 1. The summed E-state index contributed by atoms with van der Waals surface area (Å²) in [5.74, 6) is -1.34.